The van der Waals surface area contributed by atoms with Crippen molar-refractivity contribution in [3.05, 3.63) is 70.0 Å². The van der Waals surface area contributed by atoms with E-state index in [9.17, 15) is 14.0 Å². The van der Waals surface area contributed by atoms with Crippen LogP contribution < -0.4 is 21.5 Å². The van der Waals surface area contributed by atoms with Gasteiger partial charge < -0.3 is 19.8 Å². The molecule has 0 radical (unpaired) electrons. The number of carbonyl (C=O) groups excluding carboxylic acids is 1. The molecule has 0 aliphatic rings. The van der Waals surface area contributed by atoms with Gasteiger partial charge in [0.2, 0.25) is 0 Å². The highest BCUT2D eigenvalue weighted by molar-refractivity contribution is 6.00. The molecule has 0 saturated heterocycles. The first-order chi connectivity index (χ1) is 16.9. The first-order valence-electron chi connectivity index (χ1n) is 11.6. The molecule has 4 aromatic rings. The number of nitrogens with zero attached hydrogens (tertiary/aromatic N) is 3. The fourth-order valence-corrected chi connectivity index (χ4v) is 4.12. The topological polar surface area (TPSA) is 93.0 Å². The van der Waals surface area contributed by atoms with Gasteiger partial charge >= 0.3 is 6.03 Å². The Kier molecular flexibility index (Phi) is 6.34. The van der Waals surface area contributed by atoms with Gasteiger partial charge in [-0.05, 0) is 53.3 Å². The Labute approximate surface area is 209 Å². The Balaban J connectivity index is 1.69. The van der Waals surface area contributed by atoms with Gasteiger partial charge in [0.1, 0.15) is 17.5 Å². The quantitative estimate of drug-likeness (QED) is 0.359. The normalized spacial score (nSPS) is 11.6. The number of urea groups is 1. The van der Waals surface area contributed by atoms with E-state index in [1.165, 1.54) is 16.7 Å². The lowest BCUT2D eigenvalue weighted by Crippen LogP contribution is -2.22. The zero-order chi connectivity index (χ0) is 26.4. The average Bonchev–Trinajstić information content (AvgIpc) is 3.18. The Morgan fingerprint density at radius 2 is 1.75 bits per heavy atom. The molecular formula is C27H31FN6O2. The molecule has 0 bridgehead atoms. The summed E-state index contributed by atoms with van der Waals surface area (Å²) in [6.07, 6.45) is 3.63. The summed E-state index contributed by atoms with van der Waals surface area (Å²) < 4.78 is 18.2. The molecule has 0 spiro atoms. The van der Waals surface area contributed by atoms with Crippen molar-refractivity contribution in [2.75, 3.05) is 23.0 Å². The number of aromatic nitrogens is 3. The van der Waals surface area contributed by atoms with Crippen molar-refractivity contribution in [3.8, 4) is 11.1 Å². The molecule has 3 N–H and O–H groups in total. The smallest absolute Gasteiger partial charge is 0.324 e. The minimum absolute atomic E-state index is 0.0239. The van der Waals surface area contributed by atoms with Crippen molar-refractivity contribution < 1.29 is 9.18 Å². The van der Waals surface area contributed by atoms with Crippen LogP contribution in [0.5, 0.6) is 0 Å². The minimum atomic E-state index is -0.591. The van der Waals surface area contributed by atoms with Gasteiger partial charge in [-0.3, -0.25) is 10.1 Å². The van der Waals surface area contributed by atoms with Gasteiger partial charge in [0.05, 0.1) is 11.2 Å². The van der Waals surface area contributed by atoms with Gasteiger partial charge in [-0.25, -0.2) is 14.2 Å². The van der Waals surface area contributed by atoms with Crippen molar-refractivity contribution in [2.24, 2.45) is 14.1 Å². The molecule has 8 nitrogen and oxygen atoms in total. The predicted molar refractivity (Wildman–Crippen MR) is 143 cm³/mol. The van der Waals surface area contributed by atoms with Crippen molar-refractivity contribution in [1.29, 1.82) is 0 Å². The van der Waals surface area contributed by atoms with E-state index in [0.717, 1.165) is 16.5 Å². The summed E-state index contributed by atoms with van der Waals surface area (Å²) in [5.41, 5.74) is 2.94. The summed E-state index contributed by atoms with van der Waals surface area (Å²) in [6, 6.07) is 7.66. The monoisotopic (exact) mass is 490 g/mol. The lowest BCUT2D eigenvalue weighted by molar-refractivity contribution is 0.262. The number of fused-ring (bicyclic) bond motifs is 1. The van der Waals surface area contributed by atoms with Gasteiger partial charge in [0.15, 0.2) is 0 Å². The number of benzene rings is 1. The van der Waals surface area contributed by atoms with E-state index in [0.29, 0.717) is 28.3 Å². The van der Waals surface area contributed by atoms with Gasteiger partial charge in [-0.2, -0.15) is 0 Å². The van der Waals surface area contributed by atoms with Gasteiger partial charge in [0.25, 0.3) is 5.56 Å². The number of rotatable bonds is 4. The second-order valence-corrected chi connectivity index (χ2v) is 10.0. The van der Waals surface area contributed by atoms with E-state index in [2.05, 4.69) is 41.7 Å². The number of aryl methyl sites for hydroxylation is 3. The van der Waals surface area contributed by atoms with Gasteiger partial charge in [0, 0.05) is 50.6 Å². The summed E-state index contributed by atoms with van der Waals surface area (Å²) in [5.74, 6) is 0.641. The fourth-order valence-electron chi connectivity index (χ4n) is 4.12. The van der Waals surface area contributed by atoms with E-state index in [4.69, 9.17) is 0 Å². The number of hydrogen-bond acceptors (Lipinski definition) is 4. The van der Waals surface area contributed by atoms with Crippen LogP contribution >= 0.6 is 0 Å². The van der Waals surface area contributed by atoms with E-state index in [1.54, 1.807) is 39.3 Å². The number of pyridine rings is 2. The molecule has 9 heteroatoms. The second kappa shape index (κ2) is 9.14. The molecule has 2 amide bonds. The first-order valence-corrected chi connectivity index (χ1v) is 11.6. The van der Waals surface area contributed by atoms with Crippen LogP contribution in [-0.2, 0) is 19.5 Å². The lowest BCUT2D eigenvalue weighted by atomic mass is 9.89. The fraction of sp³-hybridized carbons (Fsp3) is 0.296. The highest BCUT2D eigenvalue weighted by Gasteiger charge is 2.19. The highest BCUT2D eigenvalue weighted by atomic mass is 19.1. The molecule has 0 fully saturated rings. The second-order valence-electron chi connectivity index (χ2n) is 10.0. The zero-order valence-corrected chi connectivity index (χ0v) is 21.6. The highest BCUT2D eigenvalue weighted by Crippen LogP contribution is 2.30. The SMILES string of the molecule is CNc1cc2c(cn1)cc(-c1cc(NC(=O)Nc3cc(C(C)(C)C)cn3C)c(F)cc1C)c(=O)n2C. The molecule has 188 valence electrons. The minimum Gasteiger partial charge on any atom is -0.373 e. The molecule has 0 aliphatic heterocycles. The molecule has 0 saturated carbocycles. The number of amides is 2. The number of carbonyl (C=O) groups is 1. The van der Waals surface area contributed by atoms with Crippen LogP contribution in [0.4, 0.5) is 26.5 Å². The zero-order valence-electron chi connectivity index (χ0n) is 21.6. The molecule has 0 unspecified atom stereocenters. The maximum absolute atomic E-state index is 14.9. The molecule has 4 rings (SSSR count). The Hall–Kier alpha value is -4.14. The van der Waals surface area contributed by atoms with Crippen molar-refractivity contribution in [2.45, 2.75) is 33.1 Å². The summed E-state index contributed by atoms with van der Waals surface area (Å²) in [6.45, 7) is 7.98. The van der Waals surface area contributed by atoms with Crippen molar-refractivity contribution in [3.63, 3.8) is 0 Å². The van der Waals surface area contributed by atoms with Crippen LogP contribution in [0.15, 0.2) is 47.5 Å². The van der Waals surface area contributed by atoms with Crippen LogP contribution in [0.25, 0.3) is 22.0 Å². The number of halogens is 1. The van der Waals surface area contributed by atoms with E-state index in [-0.39, 0.29) is 16.7 Å². The largest absolute Gasteiger partial charge is 0.373 e. The van der Waals surface area contributed by atoms with Gasteiger partial charge in [-0.15, -0.1) is 0 Å². The van der Waals surface area contributed by atoms with E-state index >= 15 is 0 Å². The Bertz CT molecular complexity index is 1540. The van der Waals surface area contributed by atoms with E-state index < -0.39 is 11.8 Å². The van der Waals surface area contributed by atoms with Gasteiger partial charge in [-0.1, -0.05) is 20.8 Å². The molecule has 0 aliphatic carbocycles. The maximum atomic E-state index is 14.9. The molecular weight excluding hydrogens is 459 g/mol. The van der Waals surface area contributed by atoms with Crippen LogP contribution in [-0.4, -0.2) is 27.2 Å². The molecule has 0 atom stereocenters. The third kappa shape index (κ3) is 4.68. The lowest BCUT2D eigenvalue weighted by Gasteiger charge is -2.15. The van der Waals surface area contributed by atoms with Crippen LogP contribution in [0, 0.1) is 12.7 Å². The van der Waals surface area contributed by atoms with Crippen molar-refractivity contribution in [1.82, 2.24) is 14.1 Å². The van der Waals surface area contributed by atoms with Crippen LogP contribution in [0.1, 0.15) is 31.9 Å². The molecule has 3 heterocycles. The standard InChI is InChI=1S/C27H31FN6O2/c1-15-8-20(28)21(31-26(36)32-24-10-17(14-33(24)6)27(2,3)4)11-18(15)19-9-16-13-30-23(29-5)12-22(16)34(7)25(19)35/h8-14H,1-7H3,(H,29,30)(H2,31,32,36). The van der Waals surface area contributed by atoms with Crippen molar-refractivity contribution >= 4 is 34.3 Å². The maximum Gasteiger partial charge on any atom is 0.324 e. The van der Waals surface area contributed by atoms with Crippen LogP contribution in [0.3, 0.4) is 0 Å². The molecule has 36 heavy (non-hydrogen) atoms. The number of nitrogens with one attached hydrogen (secondary N) is 3. The predicted octanol–water partition coefficient (Wildman–Crippen LogP) is 5.37. The Morgan fingerprint density at radius 3 is 2.39 bits per heavy atom. The Morgan fingerprint density at radius 1 is 1.03 bits per heavy atom. The summed E-state index contributed by atoms with van der Waals surface area (Å²) in [7, 11) is 5.28. The average molecular weight is 491 g/mol. The van der Waals surface area contributed by atoms with Crippen LogP contribution in [0.2, 0.25) is 0 Å². The molecule has 1 aromatic carbocycles. The first kappa shape index (κ1) is 25.0. The third-order valence-electron chi connectivity index (χ3n) is 6.33. The number of anilines is 3. The summed E-state index contributed by atoms with van der Waals surface area (Å²) >= 11 is 0. The number of hydrogen-bond donors (Lipinski definition) is 3. The van der Waals surface area contributed by atoms with E-state index in [1.807, 2.05) is 23.9 Å². The third-order valence-corrected chi connectivity index (χ3v) is 6.33. The molecule has 3 aromatic heterocycles. The summed E-state index contributed by atoms with van der Waals surface area (Å²) in [5, 5.41) is 9.09. The summed E-state index contributed by atoms with van der Waals surface area (Å²) in [4.78, 5) is 30.3.